The second-order valence-electron chi connectivity index (χ2n) is 12.5. The lowest BCUT2D eigenvalue weighted by atomic mass is 9.86. The summed E-state index contributed by atoms with van der Waals surface area (Å²) in [6, 6.07) is 34.1. The van der Waals surface area contributed by atoms with Crippen LogP contribution in [-0.4, -0.2) is 18.9 Å². The summed E-state index contributed by atoms with van der Waals surface area (Å²) in [5.41, 5.74) is 8.72. The van der Waals surface area contributed by atoms with Gasteiger partial charge in [-0.25, -0.2) is 9.97 Å². The van der Waals surface area contributed by atoms with Gasteiger partial charge < -0.3 is 4.74 Å². The lowest BCUT2D eigenvalue weighted by Gasteiger charge is -2.19. The van der Waals surface area contributed by atoms with Crippen LogP contribution in [0, 0.1) is 13.8 Å². The third-order valence-electron chi connectivity index (χ3n) is 8.72. The zero-order valence-corrected chi connectivity index (χ0v) is 25.0. The van der Waals surface area contributed by atoms with Crippen LogP contribution < -0.4 is 4.74 Å². The van der Waals surface area contributed by atoms with Gasteiger partial charge in [-0.1, -0.05) is 57.2 Å². The molecule has 0 bridgehead atoms. The van der Waals surface area contributed by atoms with Crippen LogP contribution in [0.15, 0.2) is 103 Å². The van der Waals surface area contributed by atoms with E-state index in [1.54, 1.807) is 0 Å². The van der Waals surface area contributed by atoms with Crippen LogP contribution in [-0.2, 0) is 5.41 Å². The van der Waals surface area contributed by atoms with Crippen LogP contribution in [0.5, 0.6) is 11.5 Å². The first-order valence-corrected chi connectivity index (χ1v) is 14.8. The smallest absolute Gasteiger partial charge is 0.145 e. The molecule has 5 nitrogen and oxygen atoms in total. The van der Waals surface area contributed by atoms with Gasteiger partial charge in [-0.05, 0) is 84.8 Å². The Morgan fingerprint density at radius 3 is 2.26 bits per heavy atom. The first-order valence-electron chi connectivity index (χ1n) is 14.8. The van der Waals surface area contributed by atoms with Gasteiger partial charge in [0.2, 0.25) is 0 Å². The Bertz CT molecular complexity index is 2390. The minimum atomic E-state index is 0.0343. The average Bonchev–Trinajstić information content (AvgIpc) is 3.50. The summed E-state index contributed by atoms with van der Waals surface area (Å²) in [5.74, 6) is 1.54. The highest BCUT2D eigenvalue weighted by Gasteiger charge is 2.19. The van der Waals surface area contributed by atoms with E-state index >= 15 is 0 Å². The van der Waals surface area contributed by atoms with Gasteiger partial charge in [-0.2, -0.15) is 0 Å². The highest BCUT2D eigenvalue weighted by molar-refractivity contribution is 6.12. The quantitative estimate of drug-likeness (QED) is 0.202. The number of aromatic nitrogens is 4. The van der Waals surface area contributed by atoms with Crippen molar-refractivity contribution in [3.8, 4) is 17.2 Å². The number of ether oxygens (including phenoxy) is 1. The summed E-state index contributed by atoms with van der Waals surface area (Å²) in [6.45, 7) is 11.0. The SMILES string of the molecule is Cc1nc2c3cc(Oc4cccc(-n5c6cc(C(C)(C)C)ccc6c6cccnc65)c4)ccc3c3ccccc3n2c1C. The Morgan fingerprint density at radius 1 is 0.628 bits per heavy atom. The summed E-state index contributed by atoms with van der Waals surface area (Å²) in [6.07, 6.45) is 1.86. The predicted octanol–water partition coefficient (Wildman–Crippen LogP) is 9.84. The number of aryl methyl sites for hydroxylation is 2. The van der Waals surface area contributed by atoms with Gasteiger partial charge in [0.05, 0.1) is 22.4 Å². The Balaban J connectivity index is 1.27. The zero-order chi connectivity index (χ0) is 29.5. The largest absolute Gasteiger partial charge is 0.457 e. The third-order valence-corrected chi connectivity index (χ3v) is 8.72. The molecule has 0 N–H and O–H groups in total. The fourth-order valence-electron chi connectivity index (χ4n) is 6.38. The number of imidazole rings is 1. The number of benzene rings is 4. The Labute approximate surface area is 250 Å². The maximum atomic E-state index is 6.55. The van der Waals surface area contributed by atoms with Gasteiger partial charge in [0.25, 0.3) is 0 Å². The Kier molecular flexibility index (Phi) is 5.45. The molecular weight excluding hydrogens is 528 g/mol. The molecule has 0 saturated carbocycles. The van der Waals surface area contributed by atoms with E-state index in [1.807, 2.05) is 24.4 Å². The van der Waals surface area contributed by atoms with Gasteiger partial charge in [-0.3, -0.25) is 8.97 Å². The van der Waals surface area contributed by atoms with Crippen molar-refractivity contribution in [2.45, 2.75) is 40.0 Å². The standard InChI is InChI=1S/C38H32N4O/c1-23-24(2)41-34-14-7-6-12-30(34)29-18-16-28(22-33(29)37(41)40-23)43-27-11-8-10-26(21-27)42-35-20-25(38(3,4)5)15-17-31(35)32-13-9-19-39-36(32)42/h6-22H,1-5H3. The summed E-state index contributed by atoms with van der Waals surface area (Å²) in [7, 11) is 0. The Morgan fingerprint density at radius 2 is 1.40 bits per heavy atom. The number of hydrogen-bond donors (Lipinski definition) is 0. The first-order chi connectivity index (χ1) is 20.8. The molecule has 0 spiro atoms. The number of hydrogen-bond acceptors (Lipinski definition) is 3. The van der Waals surface area contributed by atoms with Crippen LogP contribution in [0.3, 0.4) is 0 Å². The molecule has 43 heavy (non-hydrogen) atoms. The van der Waals surface area contributed by atoms with E-state index in [-0.39, 0.29) is 5.41 Å². The molecule has 0 unspecified atom stereocenters. The normalized spacial score (nSPS) is 12.3. The zero-order valence-electron chi connectivity index (χ0n) is 25.0. The maximum Gasteiger partial charge on any atom is 0.145 e. The molecule has 5 heteroatoms. The summed E-state index contributed by atoms with van der Waals surface area (Å²) in [4.78, 5) is 9.78. The molecule has 0 aliphatic rings. The first kappa shape index (κ1) is 25.5. The van der Waals surface area contributed by atoms with E-state index in [0.717, 1.165) is 56.2 Å². The Hall–Kier alpha value is -5.16. The molecule has 0 atom stereocenters. The molecule has 0 fully saturated rings. The van der Waals surface area contributed by atoms with Crippen LogP contribution in [0.1, 0.15) is 37.7 Å². The number of para-hydroxylation sites is 1. The van der Waals surface area contributed by atoms with Crippen LogP contribution in [0.25, 0.3) is 54.9 Å². The summed E-state index contributed by atoms with van der Waals surface area (Å²) >= 11 is 0. The highest BCUT2D eigenvalue weighted by atomic mass is 16.5. The van der Waals surface area contributed by atoms with E-state index in [9.17, 15) is 0 Å². The average molecular weight is 561 g/mol. The number of nitrogens with zero attached hydrogens (tertiary/aromatic N) is 4. The van der Waals surface area contributed by atoms with Crippen LogP contribution >= 0.6 is 0 Å². The molecule has 4 heterocycles. The fraction of sp³-hybridized carbons (Fsp3) is 0.158. The van der Waals surface area contributed by atoms with Crippen molar-refractivity contribution in [1.82, 2.24) is 18.9 Å². The summed E-state index contributed by atoms with van der Waals surface area (Å²) < 4.78 is 11.1. The molecular formula is C38H32N4O. The van der Waals surface area contributed by atoms with Crippen molar-refractivity contribution in [3.05, 3.63) is 120 Å². The van der Waals surface area contributed by atoms with Gasteiger partial charge in [0, 0.05) is 39.5 Å². The van der Waals surface area contributed by atoms with Crippen molar-refractivity contribution in [1.29, 1.82) is 0 Å². The van der Waals surface area contributed by atoms with E-state index in [4.69, 9.17) is 14.7 Å². The summed E-state index contributed by atoms with van der Waals surface area (Å²) in [5, 5.41) is 5.77. The number of fused-ring (bicyclic) bond motifs is 9. The molecule has 0 amide bonds. The van der Waals surface area contributed by atoms with Crippen molar-refractivity contribution < 1.29 is 4.74 Å². The lowest BCUT2D eigenvalue weighted by molar-refractivity contribution is 0.483. The molecule has 8 aromatic rings. The van der Waals surface area contributed by atoms with E-state index < -0.39 is 0 Å². The third kappa shape index (κ3) is 3.92. The highest BCUT2D eigenvalue weighted by Crippen LogP contribution is 2.37. The van der Waals surface area contributed by atoms with Crippen LogP contribution in [0.2, 0.25) is 0 Å². The molecule has 0 aliphatic heterocycles. The maximum absolute atomic E-state index is 6.55. The van der Waals surface area contributed by atoms with E-state index in [2.05, 4.69) is 122 Å². The van der Waals surface area contributed by atoms with Crippen molar-refractivity contribution in [2.24, 2.45) is 0 Å². The van der Waals surface area contributed by atoms with Gasteiger partial charge in [-0.15, -0.1) is 0 Å². The molecule has 4 aromatic heterocycles. The monoisotopic (exact) mass is 560 g/mol. The van der Waals surface area contributed by atoms with Crippen molar-refractivity contribution in [3.63, 3.8) is 0 Å². The van der Waals surface area contributed by atoms with Crippen LogP contribution in [0.4, 0.5) is 0 Å². The minimum Gasteiger partial charge on any atom is -0.457 e. The number of pyridine rings is 2. The molecule has 8 rings (SSSR count). The van der Waals surface area contributed by atoms with Crippen molar-refractivity contribution in [2.75, 3.05) is 0 Å². The second-order valence-corrected chi connectivity index (χ2v) is 12.5. The van der Waals surface area contributed by atoms with E-state index in [1.165, 1.54) is 27.2 Å². The lowest BCUT2D eigenvalue weighted by Crippen LogP contribution is -2.10. The predicted molar refractivity (Wildman–Crippen MR) is 177 cm³/mol. The molecule has 0 radical (unpaired) electrons. The topological polar surface area (TPSA) is 44.3 Å². The molecule has 0 aliphatic carbocycles. The van der Waals surface area contributed by atoms with Gasteiger partial charge >= 0.3 is 0 Å². The fourth-order valence-corrected chi connectivity index (χ4v) is 6.38. The van der Waals surface area contributed by atoms with Crippen molar-refractivity contribution >= 4 is 49.3 Å². The molecule has 210 valence electrons. The minimum absolute atomic E-state index is 0.0343. The van der Waals surface area contributed by atoms with Gasteiger partial charge in [0.1, 0.15) is 22.8 Å². The van der Waals surface area contributed by atoms with E-state index in [0.29, 0.717) is 0 Å². The van der Waals surface area contributed by atoms with Gasteiger partial charge in [0.15, 0.2) is 0 Å². The number of rotatable bonds is 3. The molecule has 4 aromatic carbocycles. The molecule has 0 saturated heterocycles. The second kappa shape index (κ2) is 9.17.